The van der Waals surface area contributed by atoms with Gasteiger partial charge in [-0.05, 0) is 77.0 Å². The molecule has 4 nitrogen and oxygen atoms in total. The van der Waals surface area contributed by atoms with E-state index >= 15 is 0 Å². The van der Waals surface area contributed by atoms with Gasteiger partial charge in [0.2, 0.25) is 6.29 Å². The molecule has 2 atom stereocenters. The summed E-state index contributed by atoms with van der Waals surface area (Å²) >= 11 is 0. The Balaban J connectivity index is 5.61. The Morgan fingerprint density at radius 3 is 0.792 bits per heavy atom. The molecule has 0 aromatic carbocycles. The highest BCUT2D eigenvalue weighted by Crippen LogP contribution is 2.38. The summed E-state index contributed by atoms with van der Waals surface area (Å²) in [5.41, 5.74) is -1.95. The molecule has 0 aliphatic carbocycles. The number of rotatable bonds is 61. The molecule has 0 aliphatic rings. The summed E-state index contributed by atoms with van der Waals surface area (Å²) in [5, 5.41) is 0. The normalized spacial score (nSPS) is 13.1. The van der Waals surface area contributed by atoms with Gasteiger partial charge in [-0.3, -0.25) is 19.2 Å². The minimum absolute atomic E-state index is 0.0420. The Morgan fingerprint density at radius 2 is 0.528 bits per heavy atom. The molecule has 0 aromatic heterocycles. The van der Waals surface area contributed by atoms with Crippen molar-refractivity contribution < 1.29 is 19.2 Å². The van der Waals surface area contributed by atoms with E-state index in [1.54, 1.807) is 0 Å². The van der Waals surface area contributed by atoms with Crippen LogP contribution in [0.5, 0.6) is 0 Å². The molecule has 0 heterocycles. The van der Waals surface area contributed by atoms with Crippen molar-refractivity contribution in [3.05, 3.63) is 24.3 Å². The Bertz CT molecular complexity index is 1230. The van der Waals surface area contributed by atoms with E-state index in [4.69, 9.17) is 0 Å². The van der Waals surface area contributed by atoms with E-state index < -0.39 is 11.3 Å². The lowest BCUT2D eigenvalue weighted by atomic mass is 9.64. The van der Waals surface area contributed by atoms with Crippen LogP contribution < -0.4 is 0 Å². The van der Waals surface area contributed by atoms with Crippen molar-refractivity contribution in [2.75, 3.05) is 0 Å². The van der Waals surface area contributed by atoms with Crippen molar-refractivity contribution in [1.82, 2.24) is 0 Å². The second-order valence-corrected chi connectivity index (χ2v) is 22.8. The number of ketones is 3. The highest BCUT2D eigenvalue weighted by atomic mass is 16.2. The van der Waals surface area contributed by atoms with E-state index in [1.165, 1.54) is 212 Å². The maximum atomic E-state index is 14.6. The summed E-state index contributed by atoms with van der Waals surface area (Å²) in [5.74, 6) is -1.56. The summed E-state index contributed by atoms with van der Waals surface area (Å²) in [7, 11) is 0. The molecule has 72 heavy (non-hydrogen) atoms. The zero-order chi connectivity index (χ0) is 52.5. The molecule has 0 saturated carbocycles. The molecule has 0 rings (SSSR count). The second-order valence-electron chi connectivity index (χ2n) is 22.8. The van der Waals surface area contributed by atoms with Gasteiger partial charge < -0.3 is 0 Å². The Hall–Kier alpha value is -1.84. The predicted octanol–water partition coefficient (Wildman–Crippen LogP) is 22.7. The van der Waals surface area contributed by atoms with Gasteiger partial charge >= 0.3 is 0 Å². The quantitative estimate of drug-likeness (QED) is 0.0346. The first-order valence-corrected chi connectivity index (χ1v) is 32.7. The Kier molecular flexibility index (Phi) is 55.4. The van der Waals surface area contributed by atoms with Gasteiger partial charge in [-0.15, -0.1) is 0 Å². The standard InChI is InChI=1S/C68H125O4/c1-5-9-13-17-21-25-29-32-34-37-40-44-48-52-56-60-65(70)64(59-55-51-47-43-39-28-24-20-16-12-8-4)68(63-69,66(71)61-57-53-49-45-41-36-31-27-23-19-15-11-7-3)67(72)62-58-54-50-46-42-38-35-33-30-26-22-18-14-10-6-2/h32-35,64H,5-31,36-62H2,1-4H3/b34-32?,35-33-. The fourth-order valence-corrected chi connectivity index (χ4v) is 11.0. The molecule has 0 N–H and O–H groups in total. The minimum atomic E-state index is -1.95. The van der Waals surface area contributed by atoms with Gasteiger partial charge in [-0.2, -0.15) is 0 Å². The first kappa shape index (κ1) is 70.2. The number of hydrogen-bond donors (Lipinski definition) is 0. The zero-order valence-electron chi connectivity index (χ0n) is 49.2. The van der Waals surface area contributed by atoms with Crippen LogP contribution in [0, 0.1) is 11.3 Å². The van der Waals surface area contributed by atoms with Gasteiger partial charge in [0.15, 0.2) is 17.0 Å². The number of carbonyl (C=O) groups is 3. The first-order valence-electron chi connectivity index (χ1n) is 32.7. The molecular formula is C68H125O4. The van der Waals surface area contributed by atoms with E-state index in [-0.39, 0.29) is 30.2 Å². The molecule has 0 aromatic rings. The second kappa shape index (κ2) is 56.9. The molecule has 421 valence electrons. The molecular weight excluding hydrogens is 881 g/mol. The molecule has 0 bridgehead atoms. The van der Waals surface area contributed by atoms with Gasteiger partial charge in [0, 0.05) is 25.2 Å². The van der Waals surface area contributed by atoms with Crippen LogP contribution >= 0.6 is 0 Å². The van der Waals surface area contributed by atoms with Gasteiger partial charge in [0.1, 0.15) is 5.78 Å². The first-order chi connectivity index (χ1) is 35.5. The van der Waals surface area contributed by atoms with E-state index in [0.29, 0.717) is 25.7 Å². The third-order valence-electron chi connectivity index (χ3n) is 15.9. The summed E-state index contributed by atoms with van der Waals surface area (Å²) in [6.07, 6.45) is 72.2. The monoisotopic (exact) mass is 1010 g/mol. The molecule has 0 aliphatic heterocycles. The molecule has 0 spiro atoms. The molecule has 0 saturated heterocycles. The highest BCUT2D eigenvalue weighted by molar-refractivity contribution is 6.21. The molecule has 4 heteroatoms. The van der Waals surface area contributed by atoms with E-state index in [0.717, 1.165) is 96.3 Å². The smallest absolute Gasteiger partial charge is 0.221 e. The fraction of sp³-hybridized carbons (Fsp3) is 0.882. The summed E-state index contributed by atoms with van der Waals surface area (Å²) in [6.45, 7) is 9.07. The zero-order valence-corrected chi connectivity index (χ0v) is 49.2. The molecule has 0 amide bonds. The summed E-state index contributed by atoms with van der Waals surface area (Å²) in [6, 6.07) is 0. The minimum Gasteiger partial charge on any atom is -0.299 e. The van der Waals surface area contributed by atoms with Crippen LogP contribution in [0.25, 0.3) is 0 Å². The Morgan fingerprint density at radius 1 is 0.306 bits per heavy atom. The number of unbranched alkanes of at least 4 members (excludes halogenated alkanes) is 44. The van der Waals surface area contributed by atoms with Gasteiger partial charge in [-0.1, -0.05) is 302 Å². The van der Waals surface area contributed by atoms with Gasteiger partial charge in [0.25, 0.3) is 0 Å². The maximum absolute atomic E-state index is 14.6. The van der Waals surface area contributed by atoms with Crippen molar-refractivity contribution in [3.8, 4) is 0 Å². The van der Waals surface area contributed by atoms with Crippen molar-refractivity contribution in [2.24, 2.45) is 11.3 Å². The maximum Gasteiger partial charge on any atom is 0.221 e. The molecule has 2 unspecified atom stereocenters. The lowest BCUT2D eigenvalue weighted by Gasteiger charge is -2.33. The summed E-state index contributed by atoms with van der Waals surface area (Å²) < 4.78 is 0. The SMILES string of the molecule is CCCCCCCCC=CCCCCCCCC(=O)C(CCCCCCCCCCCCC)C([C]=O)(C(=O)CCCCCCC/C=C\CCCCCCCC)C(=O)CCCCCCCCCCCCCCC. The average Bonchev–Trinajstić information content (AvgIpc) is 3.38. The summed E-state index contributed by atoms with van der Waals surface area (Å²) in [4.78, 5) is 57.3. The van der Waals surface area contributed by atoms with Crippen molar-refractivity contribution >= 4 is 23.6 Å². The van der Waals surface area contributed by atoms with Gasteiger partial charge in [-0.25, -0.2) is 0 Å². The Labute approximate surface area is 450 Å². The number of carbonyl (C=O) groups excluding carboxylic acids is 4. The van der Waals surface area contributed by atoms with Crippen LogP contribution in [0.2, 0.25) is 0 Å². The third-order valence-corrected chi connectivity index (χ3v) is 15.9. The van der Waals surface area contributed by atoms with Crippen molar-refractivity contribution in [1.29, 1.82) is 0 Å². The van der Waals surface area contributed by atoms with Crippen LogP contribution in [-0.2, 0) is 19.2 Å². The highest BCUT2D eigenvalue weighted by Gasteiger charge is 2.53. The van der Waals surface area contributed by atoms with Gasteiger partial charge in [0.05, 0.1) is 0 Å². The van der Waals surface area contributed by atoms with Crippen LogP contribution in [0.15, 0.2) is 24.3 Å². The largest absolute Gasteiger partial charge is 0.299 e. The molecule has 0 fully saturated rings. The average molecular weight is 1010 g/mol. The number of allylic oxidation sites excluding steroid dienone is 4. The van der Waals surface area contributed by atoms with Crippen LogP contribution in [-0.4, -0.2) is 23.6 Å². The predicted molar refractivity (Wildman–Crippen MR) is 317 cm³/mol. The number of Topliss-reactive ketones (excluding diaryl/α,β-unsaturated/α-hetero) is 3. The van der Waals surface area contributed by atoms with E-state index in [2.05, 4.69) is 58.3 Å². The van der Waals surface area contributed by atoms with Crippen molar-refractivity contribution in [2.45, 2.75) is 374 Å². The van der Waals surface area contributed by atoms with E-state index in [1.807, 2.05) is 0 Å². The number of hydrogen-bond acceptors (Lipinski definition) is 4. The lowest BCUT2D eigenvalue weighted by molar-refractivity contribution is -0.145. The fourth-order valence-electron chi connectivity index (χ4n) is 11.0. The van der Waals surface area contributed by atoms with E-state index in [9.17, 15) is 19.2 Å². The van der Waals surface area contributed by atoms with Crippen LogP contribution in [0.4, 0.5) is 0 Å². The van der Waals surface area contributed by atoms with Crippen molar-refractivity contribution in [3.63, 3.8) is 0 Å². The van der Waals surface area contributed by atoms with Crippen LogP contribution in [0.3, 0.4) is 0 Å². The third kappa shape index (κ3) is 42.4. The molecule has 1 radical (unpaired) electrons. The topological polar surface area (TPSA) is 68.3 Å². The van der Waals surface area contributed by atoms with Crippen LogP contribution in [0.1, 0.15) is 374 Å². The lowest BCUT2D eigenvalue weighted by Crippen LogP contribution is -2.50.